The van der Waals surface area contributed by atoms with Gasteiger partial charge in [-0.3, -0.25) is 14.4 Å². The molecule has 0 saturated carbocycles. The molecule has 1 spiro atoms. The van der Waals surface area contributed by atoms with Gasteiger partial charge < -0.3 is 20.3 Å². The number of carbonyl (C=O) groups is 3. The van der Waals surface area contributed by atoms with Gasteiger partial charge in [0.1, 0.15) is 11.6 Å². The number of benzene rings is 2. The minimum atomic E-state index is -1.11. The highest BCUT2D eigenvalue weighted by molar-refractivity contribution is 5.92. The molecule has 2 saturated heterocycles. The molecular weight excluding hydrogens is 504 g/mol. The predicted molar refractivity (Wildman–Crippen MR) is 142 cm³/mol. The quantitative estimate of drug-likeness (QED) is 0.523. The van der Waals surface area contributed by atoms with Gasteiger partial charge in [-0.15, -0.1) is 0 Å². The van der Waals surface area contributed by atoms with Gasteiger partial charge in [0.05, 0.1) is 30.1 Å². The highest BCUT2D eigenvalue weighted by atomic mass is 19.1. The van der Waals surface area contributed by atoms with E-state index >= 15 is 0 Å². The van der Waals surface area contributed by atoms with Crippen molar-refractivity contribution in [2.24, 2.45) is 17.1 Å². The fourth-order valence-corrected chi connectivity index (χ4v) is 5.85. The van der Waals surface area contributed by atoms with E-state index in [0.29, 0.717) is 31.5 Å². The summed E-state index contributed by atoms with van der Waals surface area (Å²) >= 11 is 0. The van der Waals surface area contributed by atoms with Crippen molar-refractivity contribution in [3.8, 4) is 0 Å². The van der Waals surface area contributed by atoms with Crippen LogP contribution in [-0.4, -0.2) is 66.2 Å². The zero-order valence-electron chi connectivity index (χ0n) is 22.8. The van der Waals surface area contributed by atoms with Crippen molar-refractivity contribution in [1.29, 1.82) is 0 Å². The van der Waals surface area contributed by atoms with Crippen LogP contribution in [-0.2, 0) is 25.7 Å². The number of rotatable bonds is 9. The number of Topliss-reactive ketones (excluding diaryl/α,β-unsaturated/α-hetero) is 1. The number of amides is 2. The highest BCUT2D eigenvalue weighted by Gasteiger charge is 2.56. The van der Waals surface area contributed by atoms with Crippen molar-refractivity contribution in [3.05, 3.63) is 71.3 Å². The molecule has 3 atom stereocenters. The lowest BCUT2D eigenvalue weighted by Gasteiger charge is -2.43. The third-order valence-electron chi connectivity index (χ3n) is 7.95. The van der Waals surface area contributed by atoms with Gasteiger partial charge in [-0.25, -0.2) is 8.78 Å². The van der Waals surface area contributed by atoms with Crippen LogP contribution in [0.25, 0.3) is 0 Å². The highest BCUT2D eigenvalue weighted by Crippen LogP contribution is 2.49. The number of ether oxygens (including phenoxy) is 1. The van der Waals surface area contributed by atoms with Crippen LogP contribution < -0.4 is 5.73 Å². The van der Waals surface area contributed by atoms with Crippen LogP contribution in [0, 0.1) is 23.0 Å². The Hall–Kier alpha value is -3.17. The standard InChI is InChI=1S/C30H37F2N3O4/c1-29(2,33)26(36)14-22(18-39-17-20-8-5-4-6-9-20)27(37)35-11-7-10-30(19-35)25(16-34(3)28(30)38)21-12-23(31)15-24(32)13-21/h4-6,8-9,12-13,15,22,25H,7,10-11,14,16-19,33H2,1-3H3/t22-,25?,30?/m1/s1. The first kappa shape index (κ1) is 28.8. The van der Waals surface area contributed by atoms with E-state index in [0.717, 1.165) is 11.6 Å². The third kappa shape index (κ3) is 6.36. The van der Waals surface area contributed by atoms with E-state index in [-0.39, 0.29) is 43.8 Å². The zero-order valence-corrected chi connectivity index (χ0v) is 22.8. The number of halogens is 2. The molecule has 2 aliphatic heterocycles. The van der Waals surface area contributed by atoms with Gasteiger partial charge in [0, 0.05) is 45.1 Å². The van der Waals surface area contributed by atoms with E-state index in [1.807, 2.05) is 30.3 Å². The number of likely N-dealkylation sites (tertiary alicyclic amines) is 2. The fourth-order valence-electron chi connectivity index (χ4n) is 5.85. The number of piperidine rings is 1. The number of nitrogens with two attached hydrogens (primary N) is 1. The first-order valence-corrected chi connectivity index (χ1v) is 13.3. The summed E-state index contributed by atoms with van der Waals surface area (Å²) in [5, 5.41) is 0. The number of hydrogen-bond donors (Lipinski definition) is 1. The topological polar surface area (TPSA) is 92.9 Å². The lowest BCUT2D eigenvalue weighted by atomic mass is 9.68. The van der Waals surface area contributed by atoms with E-state index in [2.05, 4.69) is 0 Å². The molecule has 0 radical (unpaired) electrons. The molecule has 2 heterocycles. The number of hydrogen-bond acceptors (Lipinski definition) is 5. The first-order valence-electron chi connectivity index (χ1n) is 13.3. The molecule has 7 nitrogen and oxygen atoms in total. The average molecular weight is 542 g/mol. The Labute approximate surface area is 228 Å². The molecule has 2 aliphatic rings. The van der Waals surface area contributed by atoms with Crippen molar-refractivity contribution in [3.63, 3.8) is 0 Å². The van der Waals surface area contributed by atoms with E-state index in [4.69, 9.17) is 10.5 Å². The van der Waals surface area contributed by atoms with Gasteiger partial charge in [-0.2, -0.15) is 0 Å². The molecule has 39 heavy (non-hydrogen) atoms. The molecule has 2 fully saturated rings. The molecule has 2 amide bonds. The second kappa shape index (κ2) is 11.5. The second-order valence-corrected chi connectivity index (χ2v) is 11.5. The van der Waals surface area contributed by atoms with Crippen molar-refractivity contribution in [2.75, 3.05) is 33.3 Å². The van der Waals surface area contributed by atoms with Gasteiger partial charge >= 0.3 is 0 Å². The Bertz CT molecular complexity index is 1200. The van der Waals surface area contributed by atoms with Gasteiger partial charge in [-0.1, -0.05) is 30.3 Å². The fraction of sp³-hybridized carbons (Fsp3) is 0.500. The van der Waals surface area contributed by atoms with Gasteiger partial charge in [-0.05, 0) is 49.9 Å². The van der Waals surface area contributed by atoms with Crippen LogP contribution in [0.1, 0.15) is 50.2 Å². The van der Waals surface area contributed by atoms with Gasteiger partial charge in [0.2, 0.25) is 11.8 Å². The molecule has 0 bridgehead atoms. The maximum atomic E-state index is 14.1. The summed E-state index contributed by atoms with van der Waals surface area (Å²) in [6.45, 7) is 4.33. The Balaban J connectivity index is 1.57. The Morgan fingerprint density at radius 2 is 1.82 bits per heavy atom. The maximum Gasteiger partial charge on any atom is 0.231 e. The van der Waals surface area contributed by atoms with Gasteiger partial charge in [0.25, 0.3) is 0 Å². The molecule has 2 N–H and O–H groups in total. The lowest BCUT2D eigenvalue weighted by Crippen LogP contribution is -2.53. The Morgan fingerprint density at radius 1 is 1.15 bits per heavy atom. The molecule has 4 rings (SSSR count). The summed E-state index contributed by atoms with van der Waals surface area (Å²) in [5.41, 5.74) is 5.26. The van der Waals surface area contributed by atoms with Crippen molar-refractivity contribution in [2.45, 2.75) is 51.2 Å². The SMILES string of the molecule is CN1CC(c2cc(F)cc(F)c2)C2(CCCN(C(=O)[C@@H](COCc3ccccc3)CC(=O)C(C)(C)N)C2)C1=O. The van der Waals surface area contributed by atoms with Crippen LogP contribution in [0.5, 0.6) is 0 Å². The summed E-state index contributed by atoms with van der Waals surface area (Å²) in [4.78, 5) is 43.5. The third-order valence-corrected chi connectivity index (χ3v) is 7.95. The van der Waals surface area contributed by atoms with Crippen molar-refractivity contribution < 1.29 is 27.9 Å². The van der Waals surface area contributed by atoms with Crippen LogP contribution >= 0.6 is 0 Å². The number of ketones is 1. The smallest absolute Gasteiger partial charge is 0.231 e. The van der Waals surface area contributed by atoms with Crippen LogP contribution in [0.15, 0.2) is 48.5 Å². The summed E-state index contributed by atoms with van der Waals surface area (Å²) in [5.74, 6) is -3.36. The molecule has 0 aliphatic carbocycles. The molecule has 2 unspecified atom stereocenters. The van der Waals surface area contributed by atoms with Crippen LogP contribution in [0.3, 0.4) is 0 Å². The molecule has 9 heteroatoms. The summed E-state index contributed by atoms with van der Waals surface area (Å²) in [6.07, 6.45) is 0.952. The normalized spacial score (nSPS) is 22.4. The van der Waals surface area contributed by atoms with Gasteiger partial charge in [0.15, 0.2) is 5.78 Å². The summed E-state index contributed by atoms with van der Waals surface area (Å²) in [6, 6.07) is 12.9. The van der Waals surface area contributed by atoms with E-state index < -0.39 is 34.4 Å². The predicted octanol–water partition coefficient (Wildman–Crippen LogP) is 3.66. The number of nitrogens with zero attached hydrogens (tertiary/aromatic N) is 2. The molecule has 2 aromatic rings. The molecule has 2 aromatic carbocycles. The Morgan fingerprint density at radius 3 is 2.46 bits per heavy atom. The van der Waals surface area contributed by atoms with E-state index in [1.165, 1.54) is 12.1 Å². The minimum absolute atomic E-state index is 0.0193. The number of carbonyl (C=O) groups excluding carboxylic acids is 3. The van der Waals surface area contributed by atoms with Crippen LogP contribution in [0.2, 0.25) is 0 Å². The summed E-state index contributed by atoms with van der Waals surface area (Å²) in [7, 11) is 1.67. The van der Waals surface area contributed by atoms with E-state index in [1.54, 1.807) is 30.7 Å². The molecular formula is C30H37F2N3O4. The largest absolute Gasteiger partial charge is 0.376 e. The average Bonchev–Trinajstić information content (AvgIpc) is 3.12. The summed E-state index contributed by atoms with van der Waals surface area (Å²) < 4.78 is 34.2. The minimum Gasteiger partial charge on any atom is -0.376 e. The van der Waals surface area contributed by atoms with Crippen LogP contribution in [0.4, 0.5) is 8.78 Å². The lowest BCUT2D eigenvalue weighted by molar-refractivity contribution is -0.148. The van der Waals surface area contributed by atoms with Crippen molar-refractivity contribution in [1.82, 2.24) is 9.80 Å². The van der Waals surface area contributed by atoms with E-state index in [9.17, 15) is 23.2 Å². The number of likely N-dealkylation sites (N-methyl/N-ethyl adjacent to an activating group) is 1. The molecule has 0 aromatic heterocycles. The first-order chi connectivity index (χ1) is 18.4. The zero-order chi connectivity index (χ0) is 28.4. The Kier molecular flexibility index (Phi) is 8.51. The van der Waals surface area contributed by atoms with Crippen molar-refractivity contribution >= 4 is 17.6 Å². The second-order valence-electron chi connectivity index (χ2n) is 11.5. The molecule has 210 valence electrons. The monoisotopic (exact) mass is 541 g/mol. The maximum absolute atomic E-state index is 14.1.